The van der Waals surface area contributed by atoms with Gasteiger partial charge >= 0.3 is 11.9 Å². The summed E-state index contributed by atoms with van der Waals surface area (Å²) in [4.78, 5) is 60.0. The number of hydrogen-bond donors (Lipinski definition) is 7. The van der Waals surface area contributed by atoms with Crippen molar-refractivity contribution in [3.05, 3.63) is 40.2 Å². The molecule has 1 aromatic heterocycles. The number of esters is 1. The van der Waals surface area contributed by atoms with E-state index in [1.54, 1.807) is 0 Å². The molecule has 0 fully saturated rings. The lowest BCUT2D eigenvalue weighted by Gasteiger charge is -2.23. The average Bonchev–Trinajstić information content (AvgIpc) is 2.75. The number of aliphatic carboxylic acids is 1. The number of H-pyrrole nitrogens is 1. The fourth-order valence-electron chi connectivity index (χ4n) is 2.48. The van der Waals surface area contributed by atoms with Crippen LogP contribution in [0.3, 0.4) is 0 Å². The number of rotatable bonds is 9. The number of ether oxygens (including phenoxy) is 1. The second-order valence-corrected chi connectivity index (χ2v) is 6.28. The van der Waals surface area contributed by atoms with Gasteiger partial charge in [-0.2, -0.15) is 0 Å². The van der Waals surface area contributed by atoms with Gasteiger partial charge in [0.15, 0.2) is 23.6 Å². The van der Waals surface area contributed by atoms with Crippen molar-refractivity contribution in [1.29, 1.82) is 0 Å². The molecule has 31 heavy (non-hydrogen) atoms. The number of aromatic amines is 1. The predicted molar refractivity (Wildman–Crippen MR) is 100 cm³/mol. The summed E-state index contributed by atoms with van der Waals surface area (Å²) in [7, 11) is 0. The highest BCUT2D eigenvalue weighted by Gasteiger charge is 2.35. The van der Waals surface area contributed by atoms with Crippen molar-refractivity contribution in [3.63, 3.8) is 0 Å². The minimum absolute atomic E-state index is 0.0217. The average molecular weight is 438 g/mol. The standard InChI is InChI=1S/C18H18N2O11/c21-6-10(23)14(26)15(27)16(28)18(30)31-11-3-1-2-7-9(22)4-8(20-13(7)11)17(29)19-5-12(24)25/h1-4,6,10,14-16,23,26-28H,5H2,(H,19,29)(H,20,22)(H,24,25)/t10-,14+,15-,16-/m0/s1. The first kappa shape index (κ1) is 23.6. The SMILES string of the molecule is O=C[C@H](O)[C@@H](O)[C@H](O)[C@H](O)C(=O)Oc1cccc2c(=O)cc(C(=O)NCC(=O)O)[nH]c12. The van der Waals surface area contributed by atoms with Crippen LogP contribution < -0.4 is 15.5 Å². The van der Waals surface area contributed by atoms with E-state index in [1.165, 1.54) is 18.2 Å². The Morgan fingerprint density at radius 3 is 2.42 bits per heavy atom. The predicted octanol–water partition coefficient (Wildman–Crippen LogP) is -3.11. The molecule has 0 saturated carbocycles. The van der Waals surface area contributed by atoms with Crippen LogP contribution in [-0.4, -0.2) is 85.6 Å². The van der Waals surface area contributed by atoms with Gasteiger partial charge in [-0.05, 0) is 12.1 Å². The quantitative estimate of drug-likeness (QED) is 0.118. The fourth-order valence-corrected chi connectivity index (χ4v) is 2.48. The molecule has 7 N–H and O–H groups in total. The van der Waals surface area contributed by atoms with E-state index >= 15 is 0 Å². The molecule has 2 rings (SSSR count). The van der Waals surface area contributed by atoms with Gasteiger partial charge in [-0.25, -0.2) is 4.79 Å². The van der Waals surface area contributed by atoms with Crippen LogP contribution in [0.1, 0.15) is 10.5 Å². The number of carbonyl (C=O) groups excluding carboxylic acids is 3. The number of pyridine rings is 1. The Balaban J connectivity index is 2.34. The fraction of sp³-hybridized carbons (Fsp3) is 0.278. The number of amides is 1. The van der Waals surface area contributed by atoms with Crippen molar-refractivity contribution in [3.8, 4) is 5.75 Å². The Morgan fingerprint density at radius 1 is 1.13 bits per heavy atom. The maximum absolute atomic E-state index is 12.3. The number of aliphatic hydroxyl groups is 4. The molecule has 2 aromatic rings. The number of fused-ring (bicyclic) bond motifs is 1. The van der Waals surface area contributed by atoms with Crippen LogP contribution in [0.25, 0.3) is 10.9 Å². The summed E-state index contributed by atoms with van der Waals surface area (Å²) >= 11 is 0. The van der Waals surface area contributed by atoms with Crippen molar-refractivity contribution >= 4 is 35.0 Å². The van der Waals surface area contributed by atoms with E-state index in [0.717, 1.165) is 6.07 Å². The van der Waals surface area contributed by atoms with Crippen molar-refractivity contribution in [2.24, 2.45) is 0 Å². The van der Waals surface area contributed by atoms with Crippen molar-refractivity contribution < 1.29 is 49.4 Å². The van der Waals surface area contributed by atoms with E-state index in [9.17, 15) is 44.4 Å². The van der Waals surface area contributed by atoms with Gasteiger partial charge in [0, 0.05) is 11.5 Å². The molecule has 0 aliphatic carbocycles. The monoisotopic (exact) mass is 438 g/mol. The van der Waals surface area contributed by atoms with Crippen LogP contribution in [0.2, 0.25) is 0 Å². The molecule has 4 atom stereocenters. The van der Waals surface area contributed by atoms with Gasteiger partial charge in [0.05, 0.1) is 5.52 Å². The Labute approximate surface area is 172 Å². The molecule has 1 aromatic carbocycles. The highest BCUT2D eigenvalue weighted by Crippen LogP contribution is 2.23. The molecule has 0 saturated heterocycles. The van der Waals surface area contributed by atoms with Gasteiger partial charge in [-0.15, -0.1) is 0 Å². The van der Waals surface area contributed by atoms with Crippen LogP contribution in [0.4, 0.5) is 0 Å². The Morgan fingerprint density at radius 2 is 1.81 bits per heavy atom. The van der Waals surface area contributed by atoms with Gasteiger partial charge in [-0.3, -0.25) is 14.4 Å². The van der Waals surface area contributed by atoms with Crippen LogP contribution in [0.5, 0.6) is 5.75 Å². The lowest BCUT2D eigenvalue weighted by Crippen LogP contribution is -2.49. The third-order valence-electron chi connectivity index (χ3n) is 4.09. The normalized spacial score (nSPS) is 14.8. The second-order valence-electron chi connectivity index (χ2n) is 6.28. The first-order chi connectivity index (χ1) is 14.6. The summed E-state index contributed by atoms with van der Waals surface area (Å²) in [5.74, 6) is -4.09. The number of carboxylic acid groups (broad SMARTS) is 1. The van der Waals surface area contributed by atoms with E-state index in [2.05, 4.69) is 4.98 Å². The molecule has 13 nitrogen and oxygen atoms in total. The maximum Gasteiger partial charge on any atom is 0.343 e. The molecule has 0 bridgehead atoms. The number of benzene rings is 1. The number of para-hydroxylation sites is 1. The lowest BCUT2D eigenvalue weighted by molar-refractivity contribution is -0.161. The van der Waals surface area contributed by atoms with Crippen molar-refractivity contribution in [2.75, 3.05) is 6.54 Å². The molecule has 0 aliphatic heterocycles. The van der Waals surface area contributed by atoms with Crippen LogP contribution in [0, 0.1) is 0 Å². The summed E-state index contributed by atoms with van der Waals surface area (Å²) in [5.41, 5.74) is -1.16. The first-order valence-electron chi connectivity index (χ1n) is 8.62. The van der Waals surface area contributed by atoms with E-state index in [1.807, 2.05) is 5.32 Å². The summed E-state index contributed by atoms with van der Waals surface area (Å²) < 4.78 is 4.94. The van der Waals surface area contributed by atoms with Gasteiger partial charge in [0.1, 0.15) is 30.6 Å². The molecule has 13 heteroatoms. The molecule has 0 radical (unpaired) electrons. The van der Waals surface area contributed by atoms with Crippen LogP contribution in [-0.2, 0) is 14.4 Å². The minimum Gasteiger partial charge on any atom is -0.480 e. The Kier molecular flexibility index (Phi) is 7.55. The number of carbonyl (C=O) groups is 4. The molecule has 166 valence electrons. The third-order valence-corrected chi connectivity index (χ3v) is 4.09. The molecule has 1 amide bonds. The van der Waals surface area contributed by atoms with Crippen molar-refractivity contribution in [1.82, 2.24) is 10.3 Å². The summed E-state index contributed by atoms with van der Waals surface area (Å²) in [6, 6.07) is 4.74. The van der Waals surface area contributed by atoms with E-state index in [0.29, 0.717) is 0 Å². The molecule has 0 aliphatic rings. The molecular weight excluding hydrogens is 420 g/mol. The van der Waals surface area contributed by atoms with E-state index in [-0.39, 0.29) is 28.6 Å². The van der Waals surface area contributed by atoms with Crippen LogP contribution >= 0.6 is 0 Å². The number of aromatic nitrogens is 1. The van der Waals surface area contributed by atoms with Gasteiger partial charge in [0.25, 0.3) is 5.91 Å². The Hall–Kier alpha value is -3.65. The summed E-state index contributed by atoms with van der Waals surface area (Å²) in [6.07, 6.45) is -9.03. The zero-order valence-electron chi connectivity index (χ0n) is 15.6. The van der Waals surface area contributed by atoms with E-state index in [4.69, 9.17) is 9.84 Å². The lowest BCUT2D eigenvalue weighted by atomic mass is 10.0. The Bertz CT molecular complexity index is 1060. The van der Waals surface area contributed by atoms with Gasteiger partial charge in [-0.1, -0.05) is 6.07 Å². The highest BCUT2D eigenvalue weighted by atomic mass is 16.6. The van der Waals surface area contributed by atoms with Crippen LogP contribution in [0.15, 0.2) is 29.1 Å². The summed E-state index contributed by atoms with van der Waals surface area (Å²) in [6.45, 7) is -0.714. The first-order valence-corrected chi connectivity index (χ1v) is 8.62. The second kappa shape index (κ2) is 9.90. The molecule has 1 heterocycles. The van der Waals surface area contributed by atoms with Gasteiger partial charge in [0.2, 0.25) is 0 Å². The number of carboxylic acids is 1. The topological polar surface area (TPSA) is 224 Å². The smallest absolute Gasteiger partial charge is 0.343 e. The number of aliphatic hydroxyl groups excluding tert-OH is 4. The highest BCUT2D eigenvalue weighted by molar-refractivity contribution is 5.97. The van der Waals surface area contributed by atoms with Gasteiger partial charge < -0.3 is 45.4 Å². The zero-order chi connectivity index (χ0) is 23.3. The van der Waals surface area contributed by atoms with Crippen molar-refractivity contribution in [2.45, 2.75) is 24.4 Å². The maximum atomic E-state index is 12.3. The minimum atomic E-state index is -2.38. The summed E-state index contributed by atoms with van der Waals surface area (Å²) in [5, 5.41) is 49.0. The number of nitrogens with one attached hydrogen (secondary N) is 2. The largest absolute Gasteiger partial charge is 0.480 e. The number of hydrogen-bond acceptors (Lipinski definition) is 10. The van der Waals surface area contributed by atoms with E-state index < -0.39 is 54.2 Å². The number of aldehydes is 1. The molecule has 0 spiro atoms. The molecular formula is C18H18N2O11. The zero-order valence-corrected chi connectivity index (χ0v) is 15.6. The third kappa shape index (κ3) is 5.49. The molecule has 0 unspecified atom stereocenters.